The van der Waals surface area contributed by atoms with E-state index in [1.54, 1.807) is 6.07 Å². The van der Waals surface area contributed by atoms with Gasteiger partial charge in [-0.15, -0.1) is 0 Å². The Bertz CT molecular complexity index is 366. The molecule has 0 aromatic heterocycles. The van der Waals surface area contributed by atoms with Gasteiger partial charge in [-0.05, 0) is 17.7 Å². The second-order valence-electron chi connectivity index (χ2n) is 2.72. The Balaban J connectivity index is 3.28. The third kappa shape index (κ3) is 2.38. The zero-order chi connectivity index (χ0) is 10.7. The lowest BCUT2D eigenvalue weighted by atomic mass is 10.1. The normalized spacial score (nSPS) is 10.2. The number of methoxy groups -OCH3 is 1. The van der Waals surface area contributed by atoms with E-state index in [2.05, 4.69) is 0 Å². The van der Waals surface area contributed by atoms with Crippen LogP contribution in [0.2, 0.25) is 10.0 Å². The molecule has 0 spiro atoms. The average molecular weight is 234 g/mol. The molecule has 0 heterocycles. The van der Waals surface area contributed by atoms with Gasteiger partial charge >= 0.3 is 0 Å². The Morgan fingerprint density at radius 3 is 2.64 bits per heavy atom. The predicted octanol–water partition coefficient (Wildman–Crippen LogP) is 2.24. The van der Waals surface area contributed by atoms with E-state index in [0.717, 1.165) is 0 Å². The molecule has 76 valence electrons. The minimum Gasteiger partial charge on any atom is -0.380 e. The summed E-state index contributed by atoms with van der Waals surface area (Å²) in [6.07, 6.45) is 0. The molecular weight excluding hydrogens is 225 g/mol. The molecule has 0 atom stereocenters. The van der Waals surface area contributed by atoms with Crippen LogP contribution in [0.3, 0.4) is 0 Å². The molecule has 0 saturated heterocycles. The summed E-state index contributed by atoms with van der Waals surface area (Å²) in [4.78, 5) is 11.1. The Kier molecular flexibility index (Phi) is 3.75. The second kappa shape index (κ2) is 4.64. The maximum Gasteiger partial charge on any atom is 0.250 e. The molecule has 0 aliphatic heterocycles. The number of carbonyl (C=O) groups is 1. The predicted molar refractivity (Wildman–Crippen MR) is 55.7 cm³/mol. The van der Waals surface area contributed by atoms with Gasteiger partial charge in [-0.1, -0.05) is 23.2 Å². The van der Waals surface area contributed by atoms with Crippen molar-refractivity contribution < 1.29 is 9.53 Å². The molecular formula is C9H9Cl2NO2. The summed E-state index contributed by atoms with van der Waals surface area (Å²) in [5.74, 6) is -0.585. The molecule has 1 rings (SSSR count). The highest BCUT2D eigenvalue weighted by Gasteiger charge is 2.13. The summed E-state index contributed by atoms with van der Waals surface area (Å²) in [7, 11) is 1.51. The summed E-state index contributed by atoms with van der Waals surface area (Å²) in [5.41, 5.74) is 6.03. The second-order valence-corrected chi connectivity index (χ2v) is 3.56. The van der Waals surface area contributed by atoms with Gasteiger partial charge in [0.05, 0.1) is 17.2 Å². The number of primary amides is 1. The van der Waals surface area contributed by atoms with Crippen molar-refractivity contribution in [2.24, 2.45) is 5.73 Å². The van der Waals surface area contributed by atoms with Gasteiger partial charge in [-0.3, -0.25) is 4.79 Å². The van der Waals surface area contributed by atoms with Crippen LogP contribution in [-0.4, -0.2) is 13.0 Å². The van der Waals surface area contributed by atoms with Crippen LogP contribution in [0.4, 0.5) is 0 Å². The van der Waals surface area contributed by atoms with Gasteiger partial charge in [-0.25, -0.2) is 0 Å². The third-order valence-corrected chi connectivity index (χ3v) is 2.20. The highest BCUT2D eigenvalue weighted by Crippen LogP contribution is 2.25. The van der Waals surface area contributed by atoms with Crippen molar-refractivity contribution >= 4 is 29.1 Å². The average Bonchev–Trinajstić information content (AvgIpc) is 2.01. The molecule has 0 fully saturated rings. The first-order chi connectivity index (χ1) is 6.56. The third-order valence-electron chi connectivity index (χ3n) is 1.68. The van der Waals surface area contributed by atoms with E-state index in [-0.39, 0.29) is 17.2 Å². The number of amides is 1. The van der Waals surface area contributed by atoms with Crippen LogP contribution in [0.5, 0.6) is 0 Å². The van der Waals surface area contributed by atoms with Gasteiger partial charge in [0, 0.05) is 12.1 Å². The van der Waals surface area contributed by atoms with Gasteiger partial charge < -0.3 is 10.5 Å². The molecule has 14 heavy (non-hydrogen) atoms. The van der Waals surface area contributed by atoms with Crippen LogP contribution in [0, 0.1) is 0 Å². The van der Waals surface area contributed by atoms with E-state index in [9.17, 15) is 4.79 Å². The van der Waals surface area contributed by atoms with Crippen molar-refractivity contribution in [3.63, 3.8) is 0 Å². The standard InChI is InChI=1S/C9H9Cl2NO2/c1-14-4-5-2-6(10)3-7(11)8(5)9(12)13/h2-3H,4H2,1H3,(H2,12,13). The van der Waals surface area contributed by atoms with Gasteiger partial charge in [-0.2, -0.15) is 0 Å². The number of ether oxygens (including phenoxy) is 1. The topological polar surface area (TPSA) is 52.3 Å². The molecule has 2 N–H and O–H groups in total. The molecule has 1 amide bonds. The summed E-state index contributed by atoms with van der Waals surface area (Å²) in [5, 5.41) is 0.698. The van der Waals surface area contributed by atoms with Crippen LogP contribution in [-0.2, 0) is 11.3 Å². The molecule has 0 bridgehead atoms. The van der Waals surface area contributed by atoms with Gasteiger partial charge in [0.2, 0.25) is 0 Å². The minimum atomic E-state index is -0.585. The van der Waals surface area contributed by atoms with Crippen molar-refractivity contribution in [1.82, 2.24) is 0 Å². The number of nitrogens with two attached hydrogens (primary N) is 1. The summed E-state index contributed by atoms with van der Waals surface area (Å²) < 4.78 is 4.90. The number of hydrogen-bond donors (Lipinski definition) is 1. The molecule has 0 unspecified atom stereocenters. The smallest absolute Gasteiger partial charge is 0.250 e. The van der Waals surface area contributed by atoms with Crippen molar-refractivity contribution in [3.8, 4) is 0 Å². The molecule has 0 aliphatic rings. The van der Waals surface area contributed by atoms with Crippen molar-refractivity contribution in [3.05, 3.63) is 33.3 Å². The van der Waals surface area contributed by atoms with E-state index in [1.807, 2.05) is 0 Å². The Morgan fingerprint density at radius 1 is 1.50 bits per heavy atom. The van der Waals surface area contributed by atoms with E-state index in [4.69, 9.17) is 33.7 Å². The first-order valence-corrected chi connectivity index (χ1v) is 4.58. The molecule has 5 heteroatoms. The largest absolute Gasteiger partial charge is 0.380 e. The molecule has 3 nitrogen and oxygen atoms in total. The molecule has 0 radical (unpaired) electrons. The zero-order valence-electron chi connectivity index (χ0n) is 7.51. The highest BCUT2D eigenvalue weighted by molar-refractivity contribution is 6.37. The number of benzene rings is 1. The summed E-state index contributed by atoms with van der Waals surface area (Å²) in [6.45, 7) is 0.249. The first kappa shape index (κ1) is 11.3. The summed E-state index contributed by atoms with van der Waals surface area (Å²) >= 11 is 11.6. The SMILES string of the molecule is COCc1cc(Cl)cc(Cl)c1C(N)=O. The van der Waals surface area contributed by atoms with Crippen LogP contribution in [0.1, 0.15) is 15.9 Å². The maximum atomic E-state index is 11.1. The molecule has 1 aromatic rings. The lowest BCUT2D eigenvalue weighted by molar-refractivity contribution is 0.0995. The van der Waals surface area contributed by atoms with Crippen molar-refractivity contribution in [2.75, 3.05) is 7.11 Å². The number of carbonyl (C=O) groups excluding carboxylic acids is 1. The van der Waals surface area contributed by atoms with Crippen LogP contribution in [0.25, 0.3) is 0 Å². The number of halogens is 2. The fraction of sp³-hybridized carbons (Fsp3) is 0.222. The fourth-order valence-corrected chi connectivity index (χ4v) is 1.80. The van der Waals surface area contributed by atoms with E-state index < -0.39 is 5.91 Å². The minimum absolute atomic E-state index is 0.247. The van der Waals surface area contributed by atoms with E-state index >= 15 is 0 Å². The summed E-state index contributed by atoms with van der Waals surface area (Å²) in [6, 6.07) is 3.08. The monoisotopic (exact) mass is 233 g/mol. The number of rotatable bonds is 3. The van der Waals surface area contributed by atoms with Gasteiger partial charge in [0.1, 0.15) is 0 Å². The quantitative estimate of drug-likeness (QED) is 0.871. The van der Waals surface area contributed by atoms with Crippen molar-refractivity contribution in [1.29, 1.82) is 0 Å². The molecule has 0 aliphatic carbocycles. The first-order valence-electron chi connectivity index (χ1n) is 3.83. The molecule has 0 saturated carbocycles. The zero-order valence-corrected chi connectivity index (χ0v) is 9.02. The Morgan fingerprint density at radius 2 is 2.14 bits per heavy atom. The Hall–Kier alpha value is -0.770. The highest BCUT2D eigenvalue weighted by atomic mass is 35.5. The lowest BCUT2D eigenvalue weighted by Gasteiger charge is -2.08. The van der Waals surface area contributed by atoms with E-state index in [1.165, 1.54) is 13.2 Å². The maximum absolute atomic E-state index is 11.1. The number of hydrogen-bond acceptors (Lipinski definition) is 2. The van der Waals surface area contributed by atoms with Crippen LogP contribution >= 0.6 is 23.2 Å². The van der Waals surface area contributed by atoms with Crippen molar-refractivity contribution in [2.45, 2.75) is 6.61 Å². The fourth-order valence-electron chi connectivity index (χ4n) is 1.17. The molecule has 1 aromatic carbocycles. The Labute approximate surface area is 91.7 Å². The van der Waals surface area contributed by atoms with Gasteiger partial charge in [0.15, 0.2) is 0 Å². The van der Waals surface area contributed by atoms with Crippen LogP contribution < -0.4 is 5.73 Å². The van der Waals surface area contributed by atoms with Crippen LogP contribution in [0.15, 0.2) is 12.1 Å². The lowest BCUT2D eigenvalue weighted by Crippen LogP contribution is -2.15. The van der Waals surface area contributed by atoms with Gasteiger partial charge in [0.25, 0.3) is 5.91 Å². The van der Waals surface area contributed by atoms with E-state index in [0.29, 0.717) is 10.6 Å².